The van der Waals surface area contributed by atoms with Gasteiger partial charge in [-0.25, -0.2) is 0 Å². The Morgan fingerprint density at radius 3 is 2.42 bits per heavy atom. The zero-order valence-corrected chi connectivity index (χ0v) is 13.4. The van der Waals surface area contributed by atoms with Gasteiger partial charge in [-0.2, -0.15) is 0 Å². The number of ether oxygens (including phenoxy) is 1. The minimum Gasteiger partial charge on any atom is -0.377 e. The average molecular weight is 269 g/mol. The number of nitrogens with two attached hydrogens (primary N) is 1. The lowest BCUT2D eigenvalue weighted by Gasteiger charge is -2.39. The lowest BCUT2D eigenvalue weighted by Crippen LogP contribution is -2.46. The van der Waals surface area contributed by atoms with Gasteiger partial charge in [0.15, 0.2) is 5.96 Å². The fraction of sp³-hybridized carbons (Fsp3) is 0.933. The summed E-state index contributed by atoms with van der Waals surface area (Å²) < 4.78 is 5.96. The third-order valence-corrected chi connectivity index (χ3v) is 3.30. The summed E-state index contributed by atoms with van der Waals surface area (Å²) in [5.41, 5.74) is 6.05. The molecular weight excluding hydrogens is 238 g/mol. The van der Waals surface area contributed by atoms with E-state index < -0.39 is 0 Å². The summed E-state index contributed by atoms with van der Waals surface area (Å²) in [4.78, 5) is 4.50. The average Bonchev–Trinajstić information content (AvgIpc) is 2.23. The van der Waals surface area contributed by atoms with E-state index >= 15 is 0 Å². The molecule has 0 aliphatic carbocycles. The molecule has 1 aliphatic rings. The molecule has 0 bridgehead atoms. The van der Waals surface area contributed by atoms with Crippen LogP contribution in [0.1, 0.15) is 54.4 Å². The van der Waals surface area contributed by atoms with Crippen molar-refractivity contribution < 1.29 is 4.74 Å². The van der Waals surface area contributed by atoms with Crippen molar-refractivity contribution in [3.05, 3.63) is 0 Å². The summed E-state index contributed by atoms with van der Waals surface area (Å²) in [6.45, 7) is 14.6. The molecule has 0 saturated carbocycles. The van der Waals surface area contributed by atoms with Crippen molar-refractivity contribution in [2.45, 2.75) is 66.0 Å². The van der Waals surface area contributed by atoms with Crippen LogP contribution in [0.4, 0.5) is 0 Å². The molecule has 4 heteroatoms. The Bertz CT molecular complexity index is 312. The molecule has 1 aliphatic heterocycles. The zero-order valence-electron chi connectivity index (χ0n) is 13.4. The van der Waals surface area contributed by atoms with Gasteiger partial charge in [0.1, 0.15) is 0 Å². The number of hydrogen-bond donors (Lipinski definition) is 2. The first-order valence-electron chi connectivity index (χ1n) is 7.29. The maximum absolute atomic E-state index is 5.96. The predicted molar refractivity (Wildman–Crippen MR) is 81.3 cm³/mol. The molecule has 0 spiro atoms. The van der Waals surface area contributed by atoms with Crippen LogP contribution in [-0.4, -0.2) is 30.8 Å². The molecule has 1 fully saturated rings. The van der Waals surface area contributed by atoms with E-state index in [1.54, 1.807) is 0 Å². The number of hydrogen-bond acceptors (Lipinski definition) is 2. The molecule has 1 rings (SSSR count). The maximum Gasteiger partial charge on any atom is 0.188 e. The zero-order chi connectivity index (χ0) is 14.7. The lowest BCUT2D eigenvalue weighted by molar-refractivity contribution is -0.0823. The van der Waals surface area contributed by atoms with Crippen molar-refractivity contribution >= 4 is 5.96 Å². The van der Waals surface area contributed by atoms with Gasteiger partial charge in [-0.3, -0.25) is 4.99 Å². The fourth-order valence-electron chi connectivity index (χ4n) is 2.63. The number of nitrogens with zero attached hydrogens (tertiary/aromatic N) is 1. The molecule has 4 nitrogen and oxygen atoms in total. The van der Waals surface area contributed by atoms with Gasteiger partial charge < -0.3 is 15.8 Å². The number of aliphatic imine (C=N–C) groups is 1. The molecule has 1 saturated heterocycles. The van der Waals surface area contributed by atoms with E-state index in [1.807, 2.05) is 0 Å². The van der Waals surface area contributed by atoms with Crippen LogP contribution in [0.15, 0.2) is 4.99 Å². The predicted octanol–water partition coefficient (Wildman–Crippen LogP) is 2.53. The van der Waals surface area contributed by atoms with Crippen LogP contribution in [0.5, 0.6) is 0 Å². The van der Waals surface area contributed by atoms with Gasteiger partial charge in [0, 0.05) is 24.6 Å². The van der Waals surface area contributed by atoms with Crippen molar-refractivity contribution in [2.75, 3.05) is 13.2 Å². The molecule has 0 amide bonds. The number of nitrogens with one attached hydrogen (secondary N) is 1. The van der Waals surface area contributed by atoms with E-state index in [0.717, 1.165) is 19.6 Å². The van der Waals surface area contributed by atoms with Gasteiger partial charge in [-0.15, -0.1) is 0 Å². The maximum atomic E-state index is 5.96. The smallest absolute Gasteiger partial charge is 0.188 e. The summed E-state index contributed by atoms with van der Waals surface area (Å²) in [5.74, 6) is 1.000. The molecule has 1 heterocycles. The highest BCUT2D eigenvalue weighted by molar-refractivity contribution is 5.78. The molecule has 0 aromatic rings. The minimum absolute atomic E-state index is 0.0416. The van der Waals surface area contributed by atoms with Gasteiger partial charge in [0.25, 0.3) is 0 Å². The molecular formula is C15H31N3O. The Labute approximate surface area is 118 Å². The lowest BCUT2D eigenvalue weighted by atomic mass is 9.78. The van der Waals surface area contributed by atoms with Gasteiger partial charge in [-0.1, -0.05) is 20.8 Å². The molecule has 0 radical (unpaired) electrons. The highest BCUT2D eigenvalue weighted by atomic mass is 16.5. The van der Waals surface area contributed by atoms with E-state index in [9.17, 15) is 0 Å². The first-order valence-corrected chi connectivity index (χ1v) is 7.29. The van der Waals surface area contributed by atoms with Crippen molar-refractivity contribution in [3.8, 4) is 0 Å². The molecule has 112 valence electrons. The van der Waals surface area contributed by atoms with Gasteiger partial charge in [0.05, 0.1) is 6.10 Å². The van der Waals surface area contributed by atoms with Crippen molar-refractivity contribution in [3.63, 3.8) is 0 Å². The topological polar surface area (TPSA) is 59.6 Å². The molecule has 0 aromatic carbocycles. The standard InChI is InChI=1S/C15H31N3O/c1-14(2,3)12-11(8-7-9-19-12)10-17-13(16)18-15(4,5)6/h11-12H,7-10H2,1-6H3,(H3,16,17,18). The normalized spacial score (nSPS) is 26.3. The largest absolute Gasteiger partial charge is 0.377 e. The number of guanidine groups is 1. The molecule has 2 atom stereocenters. The quantitative estimate of drug-likeness (QED) is 0.598. The Balaban J connectivity index is 2.61. The molecule has 0 aromatic heterocycles. The monoisotopic (exact) mass is 269 g/mol. The summed E-state index contributed by atoms with van der Waals surface area (Å²) in [6, 6.07) is 0. The Morgan fingerprint density at radius 2 is 1.89 bits per heavy atom. The van der Waals surface area contributed by atoms with E-state index in [4.69, 9.17) is 10.5 Å². The first-order chi connectivity index (χ1) is 8.59. The fourth-order valence-corrected chi connectivity index (χ4v) is 2.63. The van der Waals surface area contributed by atoms with Crippen molar-refractivity contribution in [1.29, 1.82) is 0 Å². The van der Waals surface area contributed by atoms with Gasteiger partial charge in [-0.05, 0) is 39.0 Å². The number of rotatable bonds is 2. The third-order valence-electron chi connectivity index (χ3n) is 3.30. The van der Waals surface area contributed by atoms with E-state index in [1.165, 1.54) is 6.42 Å². The Kier molecular flexibility index (Phi) is 5.25. The minimum atomic E-state index is -0.0416. The Morgan fingerprint density at radius 1 is 1.26 bits per heavy atom. The summed E-state index contributed by atoms with van der Waals surface area (Å²) in [6.07, 6.45) is 2.57. The van der Waals surface area contributed by atoms with E-state index in [0.29, 0.717) is 11.9 Å². The molecule has 3 N–H and O–H groups in total. The van der Waals surface area contributed by atoms with Crippen LogP contribution in [0, 0.1) is 11.3 Å². The molecule has 2 unspecified atom stereocenters. The van der Waals surface area contributed by atoms with Gasteiger partial charge >= 0.3 is 0 Å². The summed E-state index contributed by atoms with van der Waals surface area (Å²) >= 11 is 0. The SMILES string of the molecule is CC(C)(C)NC(N)=NCC1CCCOC1C(C)(C)C. The van der Waals surface area contributed by atoms with Crippen LogP contribution in [0.3, 0.4) is 0 Å². The van der Waals surface area contributed by atoms with Crippen LogP contribution in [-0.2, 0) is 4.74 Å². The second kappa shape index (κ2) is 6.12. The van der Waals surface area contributed by atoms with Crippen LogP contribution in [0.25, 0.3) is 0 Å². The van der Waals surface area contributed by atoms with E-state index in [2.05, 4.69) is 51.9 Å². The Hall–Kier alpha value is -0.770. The van der Waals surface area contributed by atoms with Crippen LogP contribution >= 0.6 is 0 Å². The second-order valence-electron chi connectivity index (χ2n) is 7.66. The second-order valence-corrected chi connectivity index (χ2v) is 7.66. The first kappa shape index (κ1) is 16.3. The third kappa shape index (κ3) is 5.81. The van der Waals surface area contributed by atoms with Gasteiger partial charge in [0.2, 0.25) is 0 Å². The van der Waals surface area contributed by atoms with Crippen molar-refractivity contribution in [2.24, 2.45) is 22.1 Å². The highest BCUT2D eigenvalue weighted by Gasteiger charge is 2.35. The molecule has 19 heavy (non-hydrogen) atoms. The van der Waals surface area contributed by atoms with Crippen LogP contribution < -0.4 is 11.1 Å². The van der Waals surface area contributed by atoms with Crippen LogP contribution in [0.2, 0.25) is 0 Å². The summed E-state index contributed by atoms with van der Waals surface area (Å²) in [7, 11) is 0. The summed E-state index contributed by atoms with van der Waals surface area (Å²) in [5, 5.41) is 3.20. The highest BCUT2D eigenvalue weighted by Crippen LogP contribution is 2.34. The van der Waals surface area contributed by atoms with Crippen molar-refractivity contribution in [1.82, 2.24) is 5.32 Å². The van der Waals surface area contributed by atoms with E-state index in [-0.39, 0.29) is 17.1 Å².